The molecule has 0 aliphatic rings. The minimum atomic E-state index is -3.02. The summed E-state index contributed by atoms with van der Waals surface area (Å²) in [4.78, 5) is 11.5. The van der Waals surface area contributed by atoms with Gasteiger partial charge in [-0.3, -0.25) is 9.36 Å². The summed E-state index contributed by atoms with van der Waals surface area (Å²) < 4.78 is 16.3. The van der Waals surface area contributed by atoms with Crippen molar-refractivity contribution in [2.24, 2.45) is 0 Å². The van der Waals surface area contributed by atoms with Gasteiger partial charge in [-0.1, -0.05) is 30.3 Å². The Bertz CT molecular complexity index is 400. The summed E-state index contributed by atoms with van der Waals surface area (Å²) in [5.74, 6) is 0. The van der Waals surface area contributed by atoms with Gasteiger partial charge in [-0.15, -0.1) is 0 Å². The van der Waals surface area contributed by atoms with E-state index < -0.39 is 7.37 Å². The Kier molecular flexibility index (Phi) is 5.60. The highest BCUT2D eigenvalue weighted by molar-refractivity contribution is 7.75. The Morgan fingerprint density at radius 1 is 1.24 bits per heavy atom. The molecule has 0 aliphatic carbocycles. The van der Waals surface area contributed by atoms with Crippen molar-refractivity contribution in [3.8, 4) is 0 Å². The minimum Gasteiger partial charge on any atom is -0.327 e. The molecule has 94 valence electrons. The van der Waals surface area contributed by atoms with Crippen molar-refractivity contribution in [3.63, 3.8) is 0 Å². The third kappa shape index (κ3) is 4.84. The maximum atomic E-state index is 11.6. The predicted molar refractivity (Wildman–Crippen MR) is 69.5 cm³/mol. The fraction of sp³-hybridized carbons (Fsp3) is 0.462. The van der Waals surface area contributed by atoms with Crippen LogP contribution in [0, 0.1) is 0 Å². The minimum absolute atomic E-state index is 0.256. The van der Waals surface area contributed by atoms with Crippen molar-refractivity contribution in [1.82, 2.24) is 0 Å². The van der Waals surface area contributed by atoms with Gasteiger partial charge >= 0.3 is 0 Å². The smallest absolute Gasteiger partial charge is 0.263 e. The Hall–Kier alpha value is -0.920. The van der Waals surface area contributed by atoms with Crippen LogP contribution in [0.1, 0.15) is 24.8 Å². The van der Waals surface area contributed by atoms with Crippen LogP contribution in [0.5, 0.6) is 0 Å². The van der Waals surface area contributed by atoms with E-state index in [9.17, 15) is 9.36 Å². The molecule has 1 atom stereocenters. The van der Waals surface area contributed by atoms with Crippen molar-refractivity contribution in [1.29, 1.82) is 0 Å². The van der Waals surface area contributed by atoms with E-state index in [4.69, 9.17) is 4.52 Å². The van der Waals surface area contributed by atoms with Crippen LogP contribution in [0.4, 0.5) is 0 Å². The highest BCUT2D eigenvalue weighted by atomic mass is 31.2. The molecule has 1 unspecified atom stereocenters. The van der Waals surface area contributed by atoms with Gasteiger partial charge in [0, 0.05) is 20.2 Å². The lowest BCUT2D eigenvalue weighted by Gasteiger charge is -2.08. The fourth-order valence-electron chi connectivity index (χ4n) is 1.55. The highest BCUT2D eigenvalue weighted by Gasteiger charge is 2.23. The maximum Gasteiger partial charge on any atom is 0.263 e. The summed E-state index contributed by atoms with van der Waals surface area (Å²) in [6.07, 6.45) is 2.98. The molecule has 1 rings (SSSR count). The average molecular weight is 254 g/mol. The van der Waals surface area contributed by atoms with Crippen LogP contribution in [-0.4, -0.2) is 19.3 Å². The molecule has 3 nitrogen and oxygen atoms in total. The molecular weight excluding hydrogens is 235 g/mol. The monoisotopic (exact) mass is 254 g/mol. The molecule has 0 amide bonds. The van der Waals surface area contributed by atoms with E-state index in [2.05, 4.69) is 12.1 Å². The third-order valence-corrected chi connectivity index (χ3v) is 4.58. The Labute approximate surface area is 103 Å². The SMILES string of the molecule is COP(C)(=O)C(=O)CCCCc1ccccc1. The van der Waals surface area contributed by atoms with E-state index in [1.54, 1.807) is 0 Å². The first-order chi connectivity index (χ1) is 8.06. The molecule has 0 aromatic heterocycles. The van der Waals surface area contributed by atoms with E-state index >= 15 is 0 Å². The van der Waals surface area contributed by atoms with Gasteiger partial charge in [0.05, 0.1) is 0 Å². The molecule has 0 saturated heterocycles. The second-order valence-electron chi connectivity index (χ2n) is 4.11. The van der Waals surface area contributed by atoms with Gasteiger partial charge in [0.15, 0.2) is 0 Å². The zero-order chi connectivity index (χ0) is 12.7. The molecule has 1 aromatic rings. The van der Waals surface area contributed by atoms with Crippen LogP contribution in [0.15, 0.2) is 30.3 Å². The lowest BCUT2D eigenvalue weighted by molar-refractivity contribution is -0.112. The summed E-state index contributed by atoms with van der Waals surface area (Å²) in [6, 6.07) is 10.1. The Morgan fingerprint density at radius 3 is 2.47 bits per heavy atom. The first-order valence-corrected chi connectivity index (χ1v) is 7.84. The maximum absolute atomic E-state index is 11.6. The molecule has 0 N–H and O–H groups in total. The summed E-state index contributed by atoms with van der Waals surface area (Å²) in [5, 5.41) is 0. The molecule has 0 bridgehead atoms. The average Bonchev–Trinajstić information content (AvgIpc) is 2.35. The first kappa shape index (κ1) is 14.1. The zero-order valence-corrected chi connectivity index (χ0v) is 11.3. The highest BCUT2D eigenvalue weighted by Crippen LogP contribution is 2.43. The van der Waals surface area contributed by atoms with Crippen molar-refractivity contribution in [3.05, 3.63) is 35.9 Å². The first-order valence-electron chi connectivity index (χ1n) is 5.77. The predicted octanol–water partition coefficient (Wildman–Crippen LogP) is 3.48. The van der Waals surface area contributed by atoms with Crippen molar-refractivity contribution >= 4 is 12.9 Å². The zero-order valence-electron chi connectivity index (χ0n) is 10.4. The van der Waals surface area contributed by atoms with Gasteiger partial charge in [-0.2, -0.15) is 0 Å². The van der Waals surface area contributed by atoms with E-state index in [0.717, 1.165) is 19.3 Å². The van der Waals surface area contributed by atoms with Crippen molar-refractivity contribution in [2.75, 3.05) is 13.8 Å². The molecule has 0 aliphatic heterocycles. The normalized spacial score (nSPS) is 14.2. The number of aryl methyl sites for hydroxylation is 1. The number of hydrogen-bond donors (Lipinski definition) is 0. The van der Waals surface area contributed by atoms with Crippen LogP contribution < -0.4 is 0 Å². The number of hydrogen-bond acceptors (Lipinski definition) is 3. The van der Waals surface area contributed by atoms with Gasteiger partial charge in [-0.25, -0.2) is 0 Å². The van der Waals surface area contributed by atoms with Gasteiger partial charge in [0.25, 0.3) is 7.37 Å². The summed E-state index contributed by atoms with van der Waals surface area (Å²) in [7, 11) is -1.69. The lowest BCUT2D eigenvalue weighted by Crippen LogP contribution is -2.00. The molecule has 17 heavy (non-hydrogen) atoms. The summed E-state index contributed by atoms with van der Waals surface area (Å²) in [5.41, 5.74) is 1.01. The standard InChI is InChI=1S/C13H19O3P/c1-16-17(2,15)13(14)11-7-6-10-12-8-4-3-5-9-12/h3-5,8-9H,6-7,10-11H2,1-2H3. The van der Waals surface area contributed by atoms with Gasteiger partial charge in [-0.05, 0) is 24.8 Å². The van der Waals surface area contributed by atoms with E-state index in [1.165, 1.54) is 19.3 Å². The Morgan fingerprint density at radius 2 is 1.88 bits per heavy atom. The Balaban J connectivity index is 2.26. The van der Waals surface area contributed by atoms with Crippen LogP contribution >= 0.6 is 7.37 Å². The quantitative estimate of drug-likeness (QED) is 0.552. The number of unbranched alkanes of at least 4 members (excludes halogenated alkanes) is 1. The third-order valence-electron chi connectivity index (χ3n) is 2.75. The molecule has 0 fully saturated rings. The molecular formula is C13H19O3P. The summed E-state index contributed by atoms with van der Waals surface area (Å²) in [6.45, 7) is 1.38. The molecule has 0 heterocycles. The molecule has 0 radical (unpaired) electrons. The van der Waals surface area contributed by atoms with Crippen LogP contribution in [-0.2, 0) is 20.3 Å². The molecule has 0 saturated carbocycles. The van der Waals surface area contributed by atoms with Gasteiger partial charge in [0.2, 0.25) is 5.52 Å². The van der Waals surface area contributed by atoms with Crippen LogP contribution in [0.2, 0.25) is 0 Å². The van der Waals surface area contributed by atoms with Gasteiger partial charge < -0.3 is 4.52 Å². The van der Waals surface area contributed by atoms with Crippen LogP contribution in [0.3, 0.4) is 0 Å². The van der Waals surface area contributed by atoms with Gasteiger partial charge in [0.1, 0.15) is 0 Å². The number of benzene rings is 1. The summed E-state index contributed by atoms with van der Waals surface area (Å²) >= 11 is 0. The molecule has 1 aromatic carbocycles. The van der Waals surface area contributed by atoms with E-state index in [0.29, 0.717) is 6.42 Å². The number of rotatable bonds is 7. The molecule has 0 spiro atoms. The van der Waals surface area contributed by atoms with Crippen LogP contribution in [0.25, 0.3) is 0 Å². The second-order valence-corrected chi connectivity index (χ2v) is 6.67. The number of carbonyl (C=O) groups excluding carboxylic acids is 1. The van der Waals surface area contributed by atoms with Crippen molar-refractivity contribution in [2.45, 2.75) is 25.7 Å². The fourth-order valence-corrected chi connectivity index (χ4v) is 2.32. The lowest BCUT2D eigenvalue weighted by atomic mass is 10.1. The van der Waals surface area contributed by atoms with Crippen molar-refractivity contribution < 1.29 is 13.9 Å². The topological polar surface area (TPSA) is 43.4 Å². The largest absolute Gasteiger partial charge is 0.327 e. The van der Waals surface area contributed by atoms with E-state index in [-0.39, 0.29) is 5.52 Å². The second kappa shape index (κ2) is 6.73. The molecule has 4 heteroatoms. The van der Waals surface area contributed by atoms with E-state index in [1.807, 2.05) is 18.2 Å². The number of carbonyl (C=O) groups is 1.